The molecular weight excluding hydrogens is 328 g/mol. The molecule has 0 saturated carbocycles. The number of nitriles is 1. The maximum absolute atomic E-state index is 9.73. The van der Waals surface area contributed by atoms with Crippen LogP contribution in [0.1, 0.15) is 19.4 Å². The van der Waals surface area contributed by atoms with Crippen LogP contribution in [0.5, 0.6) is 0 Å². The van der Waals surface area contributed by atoms with Crippen LogP contribution in [-0.2, 0) is 0 Å². The fourth-order valence-electron chi connectivity index (χ4n) is 2.36. The molecule has 0 aliphatic heterocycles. The van der Waals surface area contributed by atoms with E-state index < -0.39 is 0 Å². The Morgan fingerprint density at radius 1 is 0.960 bits per heavy atom. The first-order valence-corrected chi connectivity index (χ1v) is 8.91. The maximum atomic E-state index is 9.73. The Morgan fingerprint density at radius 3 is 2.20 bits per heavy atom. The minimum atomic E-state index is 0.348. The highest BCUT2D eigenvalue weighted by Gasteiger charge is 2.17. The van der Waals surface area contributed by atoms with E-state index in [1.807, 2.05) is 60.7 Å². The van der Waals surface area contributed by atoms with Crippen molar-refractivity contribution in [2.75, 3.05) is 5.32 Å². The highest BCUT2D eigenvalue weighted by molar-refractivity contribution is 7.99. The van der Waals surface area contributed by atoms with Crippen LogP contribution < -0.4 is 5.32 Å². The topological polar surface area (TPSA) is 61.6 Å². The third kappa shape index (κ3) is 4.17. The van der Waals surface area contributed by atoms with E-state index in [0.717, 1.165) is 11.3 Å². The Kier molecular flexibility index (Phi) is 5.32. The van der Waals surface area contributed by atoms with E-state index in [4.69, 9.17) is 0 Å². The Hall–Kier alpha value is -2.84. The second-order valence-electron chi connectivity index (χ2n) is 5.71. The third-order valence-corrected chi connectivity index (χ3v) is 4.29. The molecule has 1 heterocycles. The molecule has 0 atom stereocenters. The van der Waals surface area contributed by atoms with Gasteiger partial charge in [0.2, 0.25) is 0 Å². The van der Waals surface area contributed by atoms with Gasteiger partial charge >= 0.3 is 0 Å². The largest absolute Gasteiger partial charge is 0.339 e. The molecule has 25 heavy (non-hydrogen) atoms. The number of aromatic nitrogens is 2. The summed E-state index contributed by atoms with van der Waals surface area (Å²) in [5.74, 6) is 0.533. The molecule has 4 nitrogen and oxygen atoms in total. The van der Waals surface area contributed by atoms with E-state index in [-0.39, 0.29) is 0 Å². The molecule has 0 fully saturated rings. The van der Waals surface area contributed by atoms with Crippen LogP contribution in [0, 0.1) is 11.3 Å². The zero-order valence-corrected chi connectivity index (χ0v) is 14.9. The van der Waals surface area contributed by atoms with E-state index >= 15 is 0 Å². The molecule has 1 aromatic heterocycles. The van der Waals surface area contributed by atoms with Gasteiger partial charge in [-0.15, -0.1) is 0 Å². The number of nitrogens with zero attached hydrogens (tertiary/aromatic N) is 3. The van der Waals surface area contributed by atoms with Crippen LogP contribution in [-0.4, -0.2) is 15.2 Å². The van der Waals surface area contributed by atoms with Gasteiger partial charge in [-0.3, -0.25) is 0 Å². The molecule has 0 aliphatic carbocycles. The summed E-state index contributed by atoms with van der Waals surface area (Å²) >= 11 is 1.58. The number of para-hydroxylation sites is 1. The predicted molar refractivity (Wildman–Crippen MR) is 103 cm³/mol. The Labute approximate surface area is 152 Å². The first-order chi connectivity index (χ1) is 12.2. The van der Waals surface area contributed by atoms with Gasteiger partial charge in [0.1, 0.15) is 11.6 Å². The molecule has 124 valence electrons. The van der Waals surface area contributed by atoms with Gasteiger partial charge in [-0.1, -0.05) is 74.1 Å². The molecule has 0 radical (unpaired) electrons. The van der Waals surface area contributed by atoms with Crippen LogP contribution >= 0.6 is 11.8 Å². The lowest BCUT2D eigenvalue weighted by atomic mass is 10.1. The van der Waals surface area contributed by atoms with E-state index in [2.05, 4.69) is 35.2 Å². The fraction of sp³-hybridized carbons (Fsp3) is 0.150. The summed E-state index contributed by atoms with van der Waals surface area (Å²) in [5, 5.41) is 14.0. The number of hydrogen-bond donors (Lipinski definition) is 1. The molecular formula is C20H18N4S. The van der Waals surface area contributed by atoms with Gasteiger partial charge < -0.3 is 5.32 Å². The van der Waals surface area contributed by atoms with Crippen molar-refractivity contribution < 1.29 is 0 Å². The molecule has 0 saturated heterocycles. The molecule has 0 bridgehead atoms. The lowest BCUT2D eigenvalue weighted by Gasteiger charge is -2.13. The summed E-state index contributed by atoms with van der Waals surface area (Å²) in [6, 6.07) is 21.7. The second kappa shape index (κ2) is 7.82. The number of thioether (sulfide) groups is 1. The van der Waals surface area contributed by atoms with Crippen LogP contribution in [0.25, 0.3) is 11.3 Å². The summed E-state index contributed by atoms with van der Waals surface area (Å²) in [5.41, 5.74) is 2.89. The van der Waals surface area contributed by atoms with Crippen molar-refractivity contribution in [3.05, 3.63) is 66.2 Å². The van der Waals surface area contributed by atoms with Gasteiger partial charge in [0.25, 0.3) is 0 Å². The minimum absolute atomic E-state index is 0.348. The van der Waals surface area contributed by atoms with E-state index in [1.165, 1.54) is 0 Å². The van der Waals surface area contributed by atoms with Crippen molar-refractivity contribution in [1.82, 2.24) is 9.97 Å². The first kappa shape index (κ1) is 17.0. The quantitative estimate of drug-likeness (QED) is 0.504. The third-order valence-electron chi connectivity index (χ3n) is 3.43. The first-order valence-electron chi connectivity index (χ1n) is 8.03. The van der Waals surface area contributed by atoms with E-state index in [9.17, 15) is 5.26 Å². The van der Waals surface area contributed by atoms with Crippen molar-refractivity contribution in [2.24, 2.45) is 0 Å². The lowest BCUT2D eigenvalue weighted by Crippen LogP contribution is -2.04. The second-order valence-corrected chi connectivity index (χ2v) is 7.26. The summed E-state index contributed by atoms with van der Waals surface area (Å²) < 4.78 is 0. The van der Waals surface area contributed by atoms with Crippen molar-refractivity contribution >= 4 is 23.3 Å². The molecule has 3 rings (SSSR count). The molecule has 0 amide bonds. The molecule has 1 N–H and O–H groups in total. The number of hydrogen-bond acceptors (Lipinski definition) is 5. The molecule has 5 heteroatoms. The SMILES string of the molecule is CC(C)Sc1nc(Nc2ccccc2)c(C#N)c(-c2ccccc2)n1. The van der Waals surface area contributed by atoms with Gasteiger partial charge in [-0.05, 0) is 12.1 Å². The van der Waals surface area contributed by atoms with Gasteiger partial charge in [-0.25, -0.2) is 9.97 Å². The number of anilines is 2. The normalized spacial score (nSPS) is 10.5. The molecule has 0 unspecified atom stereocenters. The van der Waals surface area contributed by atoms with Crippen LogP contribution in [0.15, 0.2) is 65.8 Å². The van der Waals surface area contributed by atoms with Crippen LogP contribution in [0.2, 0.25) is 0 Å². The Balaban J connectivity index is 2.13. The summed E-state index contributed by atoms with van der Waals surface area (Å²) in [4.78, 5) is 9.23. The van der Waals surface area contributed by atoms with Gasteiger partial charge in [0.15, 0.2) is 11.0 Å². The molecule has 2 aromatic carbocycles. The van der Waals surface area contributed by atoms with E-state index in [1.54, 1.807) is 11.8 Å². The minimum Gasteiger partial charge on any atom is -0.339 e. The lowest BCUT2D eigenvalue weighted by molar-refractivity contribution is 0.958. The maximum Gasteiger partial charge on any atom is 0.190 e. The number of nitrogens with one attached hydrogen (secondary N) is 1. The zero-order chi connectivity index (χ0) is 17.6. The number of rotatable bonds is 5. The highest BCUT2D eigenvalue weighted by atomic mass is 32.2. The van der Waals surface area contributed by atoms with Crippen LogP contribution in [0.3, 0.4) is 0 Å². The van der Waals surface area contributed by atoms with Crippen LogP contribution in [0.4, 0.5) is 11.5 Å². The fourth-order valence-corrected chi connectivity index (χ4v) is 3.07. The molecule has 3 aromatic rings. The van der Waals surface area contributed by atoms with Crippen molar-refractivity contribution in [3.63, 3.8) is 0 Å². The van der Waals surface area contributed by atoms with E-state index in [0.29, 0.717) is 27.5 Å². The zero-order valence-electron chi connectivity index (χ0n) is 14.1. The average Bonchev–Trinajstić information content (AvgIpc) is 2.62. The smallest absolute Gasteiger partial charge is 0.190 e. The van der Waals surface area contributed by atoms with Gasteiger partial charge in [0, 0.05) is 16.5 Å². The number of benzene rings is 2. The van der Waals surface area contributed by atoms with Crippen molar-refractivity contribution in [1.29, 1.82) is 5.26 Å². The summed E-state index contributed by atoms with van der Waals surface area (Å²) in [7, 11) is 0. The summed E-state index contributed by atoms with van der Waals surface area (Å²) in [6.45, 7) is 4.19. The average molecular weight is 346 g/mol. The van der Waals surface area contributed by atoms with Gasteiger partial charge in [-0.2, -0.15) is 5.26 Å². The standard InChI is InChI=1S/C20H18N4S/c1-14(2)25-20-23-18(15-9-5-3-6-10-15)17(13-21)19(24-20)22-16-11-7-4-8-12-16/h3-12,14H,1-2H3,(H,22,23,24). The predicted octanol–water partition coefficient (Wildman–Crippen LogP) is 5.26. The molecule has 0 aliphatic rings. The van der Waals surface area contributed by atoms with Crippen molar-refractivity contribution in [3.8, 4) is 17.3 Å². The highest BCUT2D eigenvalue weighted by Crippen LogP contribution is 2.31. The summed E-state index contributed by atoms with van der Waals surface area (Å²) in [6.07, 6.45) is 0. The Morgan fingerprint density at radius 2 is 1.60 bits per heavy atom. The molecule has 0 spiro atoms. The van der Waals surface area contributed by atoms with Gasteiger partial charge in [0.05, 0.1) is 5.69 Å². The monoisotopic (exact) mass is 346 g/mol. The van der Waals surface area contributed by atoms with Crippen molar-refractivity contribution in [2.45, 2.75) is 24.3 Å². The Bertz CT molecular complexity index is 887.